The summed E-state index contributed by atoms with van der Waals surface area (Å²) in [6, 6.07) is 0. The molecule has 1 aliphatic heterocycles. The third-order valence-electron chi connectivity index (χ3n) is 4.65. The maximum atomic E-state index is 3.40. The Morgan fingerprint density at radius 3 is 2.12 bits per heavy atom. The minimum Gasteiger partial charge on any atom is -0.309 e. The normalized spacial score (nSPS) is 23.5. The molecule has 0 aromatic heterocycles. The summed E-state index contributed by atoms with van der Waals surface area (Å²) in [5, 5.41) is 3.40. The van der Waals surface area contributed by atoms with Crippen LogP contribution in [0.15, 0.2) is 35.5 Å². The molecule has 0 saturated heterocycles. The van der Waals surface area contributed by atoms with Crippen molar-refractivity contribution in [2.24, 2.45) is 10.8 Å². The van der Waals surface area contributed by atoms with Crippen molar-refractivity contribution in [3.8, 4) is 0 Å². The Morgan fingerprint density at radius 1 is 1.19 bits per heavy atom. The molecule has 0 atom stereocenters. The van der Waals surface area contributed by atoms with E-state index in [9.17, 15) is 0 Å². The predicted molar refractivity (Wildman–Crippen MR) is 70.4 cm³/mol. The Labute approximate surface area is 99.3 Å². The van der Waals surface area contributed by atoms with Crippen molar-refractivity contribution in [1.29, 1.82) is 0 Å². The van der Waals surface area contributed by atoms with Gasteiger partial charge in [-0.15, -0.1) is 0 Å². The second-order valence-electron chi connectivity index (χ2n) is 5.84. The lowest BCUT2D eigenvalue weighted by atomic mass is 9.65. The molecule has 0 unspecified atom stereocenters. The van der Waals surface area contributed by atoms with Gasteiger partial charge in [0.05, 0.1) is 0 Å². The fourth-order valence-electron chi connectivity index (χ4n) is 2.33. The summed E-state index contributed by atoms with van der Waals surface area (Å²) in [5.41, 5.74) is 3.41. The van der Waals surface area contributed by atoms with E-state index in [1.54, 1.807) is 0 Å². The van der Waals surface area contributed by atoms with E-state index in [1.807, 2.05) is 0 Å². The van der Waals surface area contributed by atoms with Gasteiger partial charge in [-0.05, 0) is 23.0 Å². The van der Waals surface area contributed by atoms with Crippen LogP contribution in [0.25, 0.3) is 0 Å². The smallest absolute Gasteiger partial charge is 0.0211 e. The average molecular weight is 217 g/mol. The van der Waals surface area contributed by atoms with E-state index in [0.717, 1.165) is 13.1 Å². The van der Waals surface area contributed by atoms with Crippen molar-refractivity contribution < 1.29 is 0 Å². The Balaban J connectivity index is 2.33. The summed E-state index contributed by atoms with van der Waals surface area (Å²) in [6.07, 6.45) is 10.6. The van der Waals surface area contributed by atoms with Gasteiger partial charge in [0.25, 0.3) is 0 Å². The van der Waals surface area contributed by atoms with Crippen molar-refractivity contribution >= 4 is 0 Å². The first-order valence-electron chi connectivity index (χ1n) is 6.30. The zero-order valence-electron chi connectivity index (χ0n) is 10.9. The lowest BCUT2D eigenvalue weighted by molar-refractivity contribution is 0.190. The van der Waals surface area contributed by atoms with Crippen molar-refractivity contribution in [3.05, 3.63) is 35.5 Å². The minimum atomic E-state index is 0.173. The molecule has 0 aromatic carbocycles. The number of allylic oxidation sites excluding steroid dienone is 2. The second-order valence-corrected chi connectivity index (χ2v) is 5.84. The van der Waals surface area contributed by atoms with E-state index in [4.69, 9.17) is 0 Å². The fraction of sp³-hybridized carbons (Fsp3) is 0.600. The molecule has 1 aliphatic carbocycles. The first-order chi connectivity index (χ1) is 7.48. The number of hydrogen-bond acceptors (Lipinski definition) is 1. The van der Waals surface area contributed by atoms with Gasteiger partial charge < -0.3 is 5.32 Å². The quantitative estimate of drug-likeness (QED) is 0.747. The largest absolute Gasteiger partial charge is 0.309 e. The Bertz CT molecular complexity index is 345. The van der Waals surface area contributed by atoms with Crippen LogP contribution in [0.4, 0.5) is 0 Å². The molecule has 16 heavy (non-hydrogen) atoms. The Hall–Kier alpha value is -0.820. The highest BCUT2D eigenvalue weighted by molar-refractivity contribution is 5.43. The monoisotopic (exact) mass is 217 g/mol. The molecule has 88 valence electrons. The van der Waals surface area contributed by atoms with Crippen LogP contribution in [0, 0.1) is 10.8 Å². The topological polar surface area (TPSA) is 12.0 Å². The molecule has 0 bridgehead atoms. The van der Waals surface area contributed by atoms with Crippen molar-refractivity contribution in [1.82, 2.24) is 5.32 Å². The van der Waals surface area contributed by atoms with E-state index in [0.29, 0.717) is 5.41 Å². The van der Waals surface area contributed by atoms with Crippen molar-refractivity contribution in [3.63, 3.8) is 0 Å². The first kappa shape index (κ1) is 11.7. The molecule has 1 heteroatoms. The van der Waals surface area contributed by atoms with E-state index in [1.165, 1.54) is 17.6 Å². The molecule has 2 aliphatic rings. The van der Waals surface area contributed by atoms with Gasteiger partial charge in [0.2, 0.25) is 0 Å². The van der Waals surface area contributed by atoms with Crippen LogP contribution in [-0.2, 0) is 0 Å². The molecule has 0 spiro atoms. The molecule has 1 N–H and O–H groups in total. The zero-order valence-corrected chi connectivity index (χ0v) is 10.9. The van der Waals surface area contributed by atoms with Gasteiger partial charge in [-0.1, -0.05) is 52.0 Å². The molecule has 0 aromatic rings. The lowest BCUT2D eigenvalue weighted by Gasteiger charge is -2.39. The number of hydrogen-bond donors (Lipinski definition) is 1. The molecular formula is C15H23N. The van der Waals surface area contributed by atoms with E-state index < -0.39 is 0 Å². The second kappa shape index (κ2) is 3.89. The summed E-state index contributed by atoms with van der Waals surface area (Å²) < 4.78 is 0. The van der Waals surface area contributed by atoms with Crippen molar-refractivity contribution in [2.45, 2.75) is 34.1 Å². The van der Waals surface area contributed by atoms with Gasteiger partial charge in [-0.3, -0.25) is 0 Å². The predicted octanol–water partition coefficient (Wildman–Crippen LogP) is 3.45. The summed E-state index contributed by atoms with van der Waals surface area (Å²) >= 11 is 0. The van der Waals surface area contributed by atoms with Crippen LogP contribution in [0.3, 0.4) is 0 Å². The summed E-state index contributed by atoms with van der Waals surface area (Å²) in [6.45, 7) is 11.4. The van der Waals surface area contributed by atoms with Crippen LogP contribution in [0.1, 0.15) is 34.1 Å². The molecule has 1 heterocycles. The summed E-state index contributed by atoms with van der Waals surface area (Å²) in [7, 11) is 0. The summed E-state index contributed by atoms with van der Waals surface area (Å²) in [4.78, 5) is 0. The highest BCUT2D eigenvalue weighted by atomic mass is 14.9. The standard InChI is InChI=1S/C15H23N/c1-5-14(2,3)15(4)8-6-12-10-16-11-13(12)7-9-15/h6-9,16H,5,10-11H2,1-4H3. The van der Waals surface area contributed by atoms with Gasteiger partial charge in [-0.25, -0.2) is 0 Å². The van der Waals surface area contributed by atoms with Gasteiger partial charge >= 0.3 is 0 Å². The molecule has 0 saturated carbocycles. The van der Waals surface area contributed by atoms with Crippen LogP contribution in [-0.4, -0.2) is 13.1 Å². The maximum absolute atomic E-state index is 3.40. The lowest BCUT2D eigenvalue weighted by Crippen LogP contribution is -2.31. The Kier molecular flexibility index (Phi) is 2.83. The number of rotatable bonds is 2. The van der Waals surface area contributed by atoms with Crippen LogP contribution in [0.2, 0.25) is 0 Å². The molecule has 0 fully saturated rings. The minimum absolute atomic E-state index is 0.173. The molecule has 0 amide bonds. The molecule has 0 radical (unpaired) electrons. The van der Waals surface area contributed by atoms with E-state index in [2.05, 4.69) is 57.3 Å². The van der Waals surface area contributed by atoms with Gasteiger partial charge in [-0.2, -0.15) is 0 Å². The Morgan fingerprint density at radius 2 is 1.69 bits per heavy atom. The fourth-order valence-corrected chi connectivity index (χ4v) is 2.33. The van der Waals surface area contributed by atoms with E-state index in [-0.39, 0.29) is 5.41 Å². The summed E-state index contributed by atoms with van der Waals surface area (Å²) in [5.74, 6) is 0. The van der Waals surface area contributed by atoms with Crippen molar-refractivity contribution in [2.75, 3.05) is 13.1 Å². The highest BCUT2D eigenvalue weighted by Crippen LogP contribution is 2.45. The third kappa shape index (κ3) is 1.78. The number of nitrogens with one attached hydrogen (secondary N) is 1. The van der Waals surface area contributed by atoms with Gasteiger partial charge in [0.15, 0.2) is 0 Å². The van der Waals surface area contributed by atoms with Crippen LogP contribution in [0.5, 0.6) is 0 Å². The van der Waals surface area contributed by atoms with E-state index >= 15 is 0 Å². The molecule has 1 nitrogen and oxygen atoms in total. The molecule has 2 rings (SSSR count). The maximum Gasteiger partial charge on any atom is 0.0211 e. The SMILES string of the molecule is CCC(C)(C)C1(C)C=CC2=C(C=C1)CNC2. The third-order valence-corrected chi connectivity index (χ3v) is 4.65. The van der Waals surface area contributed by atoms with Gasteiger partial charge in [0, 0.05) is 18.5 Å². The highest BCUT2D eigenvalue weighted by Gasteiger charge is 2.36. The van der Waals surface area contributed by atoms with Crippen LogP contribution < -0.4 is 5.32 Å². The van der Waals surface area contributed by atoms with Crippen LogP contribution >= 0.6 is 0 Å². The van der Waals surface area contributed by atoms with Gasteiger partial charge in [0.1, 0.15) is 0 Å². The zero-order chi connectivity index (χ0) is 11.8. The average Bonchev–Trinajstić information content (AvgIpc) is 2.64. The first-order valence-corrected chi connectivity index (χ1v) is 6.30. The molecular weight excluding hydrogens is 194 g/mol.